The number of anilines is 1. The van der Waals surface area contributed by atoms with Gasteiger partial charge in [-0.25, -0.2) is 4.79 Å². The van der Waals surface area contributed by atoms with Crippen molar-refractivity contribution in [3.63, 3.8) is 0 Å². The van der Waals surface area contributed by atoms with E-state index in [0.717, 1.165) is 24.1 Å². The fourth-order valence-electron chi connectivity index (χ4n) is 2.37. The fourth-order valence-corrected chi connectivity index (χ4v) is 2.37. The van der Waals surface area contributed by atoms with Crippen LogP contribution in [0.2, 0.25) is 0 Å². The van der Waals surface area contributed by atoms with Gasteiger partial charge in [0.05, 0.1) is 5.56 Å². The molecule has 3 nitrogen and oxygen atoms in total. The van der Waals surface area contributed by atoms with Gasteiger partial charge in [0.1, 0.15) is 0 Å². The van der Waals surface area contributed by atoms with Gasteiger partial charge < -0.3 is 10.4 Å². The summed E-state index contributed by atoms with van der Waals surface area (Å²) in [6, 6.07) is 5.81. The molecule has 0 aromatic heterocycles. The van der Waals surface area contributed by atoms with Gasteiger partial charge in [-0.3, -0.25) is 0 Å². The maximum atomic E-state index is 10.9. The summed E-state index contributed by atoms with van der Waals surface area (Å²) in [5.41, 5.74) is 2.16. The van der Waals surface area contributed by atoms with Crippen LogP contribution in [-0.4, -0.2) is 17.1 Å². The van der Waals surface area contributed by atoms with Gasteiger partial charge in [-0.15, -0.1) is 0 Å². The van der Waals surface area contributed by atoms with Crippen molar-refractivity contribution in [3.05, 3.63) is 29.3 Å². The summed E-state index contributed by atoms with van der Waals surface area (Å²) in [5.74, 6) is -0.225. The van der Waals surface area contributed by atoms with Gasteiger partial charge in [-0.2, -0.15) is 0 Å². The van der Waals surface area contributed by atoms with E-state index in [2.05, 4.69) is 26.1 Å². The van der Waals surface area contributed by atoms with Crippen LogP contribution in [-0.2, 0) is 0 Å². The molecule has 1 aromatic rings. The van der Waals surface area contributed by atoms with Crippen molar-refractivity contribution in [1.82, 2.24) is 0 Å². The highest BCUT2D eigenvalue weighted by molar-refractivity contribution is 5.89. The Balaban J connectivity index is 2.80. The Morgan fingerprint density at radius 1 is 1.33 bits per heavy atom. The molecule has 0 fully saturated rings. The van der Waals surface area contributed by atoms with Crippen LogP contribution >= 0.6 is 0 Å². The molecule has 3 heteroatoms. The van der Waals surface area contributed by atoms with Crippen molar-refractivity contribution < 1.29 is 9.90 Å². The first kappa shape index (κ1) is 14.6. The molecule has 0 aliphatic rings. The minimum atomic E-state index is -0.868. The third-order valence-corrected chi connectivity index (χ3v) is 3.61. The van der Waals surface area contributed by atoms with Crippen molar-refractivity contribution >= 4 is 11.7 Å². The van der Waals surface area contributed by atoms with E-state index in [0.29, 0.717) is 17.5 Å². The zero-order valence-corrected chi connectivity index (χ0v) is 11.7. The average Bonchev–Trinajstić information content (AvgIpc) is 2.30. The summed E-state index contributed by atoms with van der Waals surface area (Å²) in [6.07, 6.45) is 2.30. The molecule has 18 heavy (non-hydrogen) atoms. The molecule has 0 bridgehead atoms. The van der Waals surface area contributed by atoms with Gasteiger partial charge in [0.2, 0.25) is 0 Å². The number of aryl methyl sites for hydroxylation is 1. The Bertz CT molecular complexity index is 411. The maximum absolute atomic E-state index is 10.9. The highest BCUT2D eigenvalue weighted by Crippen LogP contribution is 2.20. The smallest absolute Gasteiger partial charge is 0.335 e. The molecule has 0 aliphatic heterocycles. The Hall–Kier alpha value is -1.51. The summed E-state index contributed by atoms with van der Waals surface area (Å²) in [4.78, 5) is 10.9. The van der Waals surface area contributed by atoms with Crippen molar-refractivity contribution in [2.75, 3.05) is 5.32 Å². The lowest BCUT2D eigenvalue weighted by Gasteiger charge is -2.24. The van der Waals surface area contributed by atoms with Gasteiger partial charge in [0, 0.05) is 11.7 Å². The second-order valence-electron chi connectivity index (χ2n) is 4.84. The molecule has 0 radical (unpaired) electrons. The van der Waals surface area contributed by atoms with Crippen LogP contribution in [0.3, 0.4) is 0 Å². The van der Waals surface area contributed by atoms with E-state index >= 15 is 0 Å². The molecular weight excluding hydrogens is 226 g/mol. The lowest BCUT2D eigenvalue weighted by Crippen LogP contribution is -2.25. The summed E-state index contributed by atoms with van der Waals surface area (Å²) in [5, 5.41) is 12.4. The fraction of sp³-hybridized carbons (Fsp3) is 0.533. The number of benzene rings is 1. The number of hydrogen-bond acceptors (Lipinski definition) is 2. The lowest BCUT2D eigenvalue weighted by molar-refractivity contribution is 0.0696. The molecule has 100 valence electrons. The molecule has 2 N–H and O–H groups in total. The van der Waals surface area contributed by atoms with Crippen LogP contribution in [0.5, 0.6) is 0 Å². The quantitative estimate of drug-likeness (QED) is 0.803. The first-order valence-electron chi connectivity index (χ1n) is 6.60. The standard InChI is InChI=1S/C15H23NO2/c1-5-12(6-2)11(4)16-13-7-8-14(15(17)18)10(3)9-13/h7-9,11-12,16H,5-6H2,1-4H3,(H,17,18). The van der Waals surface area contributed by atoms with E-state index in [1.165, 1.54) is 0 Å². The van der Waals surface area contributed by atoms with E-state index < -0.39 is 5.97 Å². The molecule has 0 saturated heterocycles. The molecule has 1 atom stereocenters. The number of rotatable bonds is 6. The SMILES string of the molecule is CCC(CC)C(C)Nc1ccc(C(=O)O)c(C)c1. The second-order valence-corrected chi connectivity index (χ2v) is 4.84. The lowest BCUT2D eigenvalue weighted by atomic mass is 9.95. The summed E-state index contributed by atoms with van der Waals surface area (Å²) < 4.78 is 0. The maximum Gasteiger partial charge on any atom is 0.335 e. The van der Waals surface area contributed by atoms with Gasteiger partial charge in [-0.1, -0.05) is 26.7 Å². The minimum Gasteiger partial charge on any atom is -0.478 e. The van der Waals surface area contributed by atoms with Gasteiger partial charge in [-0.05, 0) is 43.5 Å². The number of aromatic carboxylic acids is 1. The first-order chi connectivity index (χ1) is 8.49. The van der Waals surface area contributed by atoms with Crippen LogP contribution in [0.1, 0.15) is 49.5 Å². The van der Waals surface area contributed by atoms with E-state index in [1.807, 2.05) is 19.1 Å². The predicted molar refractivity (Wildman–Crippen MR) is 75.3 cm³/mol. The molecule has 0 amide bonds. The molecule has 1 aromatic carbocycles. The molecule has 1 rings (SSSR count). The Morgan fingerprint density at radius 3 is 2.39 bits per heavy atom. The Labute approximate surface area is 109 Å². The van der Waals surface area contributed by atoms with Crippen LogP contribution in [0.15, 0.2) is 18.2 Å². The highest BCUT2D eigenvalue weighted by Gasteiger charge is 2.14. The van der Waals surface area contributed by atoms with Gasteiger partial charge in [0.15, 0.2) is 0 Å². The summed E-state index contributed by atoms with van der Waals surface area (Å²) in [6.45, 7) is 8.41. The van der Waals surface area contributed by atoms with E-state index in [4.69, 9.17) is 5.11 Å². The van der Waals surface area contributed by atoms with E-state index in [9.17, 15) is 4.79 Å². The van der Waals surface area contributed by atoms with Crippen LogP contribution in [0.4, 0.5) is 5.69 Å². The number of carboxylic acids is 1. The van der Waals surface area contributed by atoms with Crippen molar-refractivity contribution in [1.29, 1.82) is 0 Å². The zero-order chi connectivity index (χ0) is 13.7. The topological polar surface area (TPSA) is 49.3 Å². The second kappa shape index (κ2) is 6.43. The third kappa shape index (κ3) is 3.49. The molecule has 1 unspecified atom stereocenters. The van der Waals surface area contributed by atoms with E-state index in [1.54, 1.807) is 6.07 Å². The average molecular weight is 249 g/mol. The Kier molecular flexibility index (Phi) is 5.20. The number of carbonyl (C=O) groups is 1. The van der Waals surface area contributed by atoms with Crippen molar-refractivity contribution in [3.8, 4) is 0 Å². The Morgan fingerprint density at radius 2 is 1.94 bits per heavy atom. The van der Waals surface area contributed by atoms with Crippen LogP contribution in [0.25, 0.3) is 0 Å². The monoisotopic (exact) mass is 249 g/mol. The molecule has 0 spiro atoms. The number of hydrogen-bond donors (Lipinski definition) is 2. The normalized spacial score (nSPS) is 12.5. The highest BCUT2D eigenvalue weighted by atomic mass is 16.4. The number of carboxylic acid groups (broad SMARTS) is 1. The van der Waals surface area contributed by atoms with Crippen molar-refractivity contribution in [2.45, 2.75) is 46.6 Å². The van der Waals surface area contributed by atoms with Crippen molar-refractivity contribution in [2.24, 2.45) is 5.92 Å². The first-order valence-corrected chi connectivity index (χ1v) is 6.60. The minimum absolute atomic E-state index is 0.371. The number of nitrogens with one attached hydrogen (secondary N) is 1. The predicted octanol–water partition coefficient (Wildman–Crippen LogP) is 3.93. The molecular formula is C15H23NO2. The van der Waals surface area contributed by atoms with Gasteiger partial charge in [0.25, 0.3) is 0 Å². The third-order valence-electron chi connectivity index (χ3n) is 3.61. The van der Waals surface area contributed by atoms with E-state index in [-0.39, 0.29) is 0 Å². The summed E-state index contributed by atoms with van der Waals surface area (Å²) >= 11 is 0. The molecule has 0 aliphatic carbocycles. The molecule has 0 saturated carbocycles. The van der Waals surface area contributed by atoms with Crippen LogP contribution in [0, 0.1) is 12.8 Å². The zero-order valence-electron chi connectivity index (χ0n) is 11.7. The molecule has 0 heterocycles. The van der Waals surface area contributed by atoms with Crippen LogP contribution < -0.4 is 5.32 Å². The summed E-state index contributed by atoms with van der Waals surface area (Å²) in [7, 11) is 0. The largest absolute Gasteiger partial charge is 0.478 e. The van der Waals surface area contributed by atoms with Gasteiger partial charge >= 0.3 is 5.97 Å².